The summed E-state index contributed by atoms with van der Waals surface area (Å²) in [6, 6.07) is 15.8. The fraction of sp³-hybridized carbons (Fsp3) is 0.300. The Balaban J connectivity index is 1.41. The molecule has 0 spiro atoms. The van der Waals surface area contributed by atoms with Crippen LogP contribution < -0.4 is 0 Å². The predicted molar refractivity (Wildman–Crippen MR) is 106 cm³/mol. The Morgan fingerprint density at radius 2 is 2.00 bits per heavy atom. The molecule has 6 heteroatoms. The Morgan fingerprint density at radius 3 is 2.73 bits per heavy atom. The topological polar surface area (TPSA) is 46.3 Å². The van der Waals surface area contributed by atoms with Crippen molar-refractivity contribution in [3.63, 3.8) is 0 Å². The summed E-state index contributed by atoms with van der Waals surface area (Å²) in [7, 11) is 1.85. The van der Waals surface area contributed by atoms with Crippen LogP contribution in [0.3, 0.4) is 0 Å². The molecule has 0 radical (unpaired) electrons. The van der Waals surface area contributed by atoms with Gasteiger partial charge in [-0.3, -0.25) is 4.79 Å². The third-order valence-electron chi connectivity index (χ3n) is 4.19. The Hall–Kier alpha value is -2.11. The second-order valence-electron chi connectivity index (χ2n) is 6.17. The van der Waals surface area contributed by atoms with Gasteiger partial charge >= 0.3 is 0 Å². The molecule has 1 amide bonds. The van der Waals surface area contributed by atoms with Gasteiger partial charge in [0.1, 0.15) is 11.5 Å². The summed E-state index contributed by atoms with van der Waals surface area (Å²) < 4.78 is 6.17. The Morgan fingerprint density at radius 1 is 1.19 bits per heavy atom. The normalized spacial score (nSPS) is 10.8. The minimum atomic E-state index is 0.150. The zero-order chi connectivity index (χ0) is 18.4. The fourth-order valence-electron chi connectivity index (χ4n) is 2.70. The van der Waals surface area contributed by atoms with Gasteiger partial charge in [0.05, 0.1) is 4.34 Å². The minimum Gasteiger partial charge on any atom is -0.361 e. The van der Waals surface area contributed by atoms with Crippen LogP contribution in [0.15, 0.2) is 53.1 Å². The van der Waals surface area contributed by atoms with Crippen molar-refractivity contribution in [1.82, 2.24) is 10.1 Å². The van der Waals surface area contributed by atoms with E-state index in [0.29, 0.717) is 13.0 Å². The van der Waals surface area contributed by atoms with Crippen LogP contribution in [0.1, 0.15) is 23.5 Å². The zero-order valence-electron chi connectivity index (χ0n) is 14.7. The lowest BCUT2D eigenvalue weighted by Crippen LogP contribution is -2.28. The van der Waals surface area contributed by atoms with Crippen molar-refractivity contribution in [2.75, 3.05) is 13.6 Å². The van der Waals surface area contributed by atoms with E-state index in [-0.39, 0.29) is 5.91 Å². The number of aromatic nitrogens is 1. The molecule has 0 aliphatic heterocycles. The van der Waals surface area contributed by atoms with E-state index in [1.165, 1.54) is 11.3 Å². The van der Waals surface area contributed by atoms with Gasteiger partial charge in [-0.05, 0) is 25.0 Å². The van der Waals surface area contributed by atoms with Gasteiger partial charge in [-0.15, -0.1) is 11.3 Å². The molecule has 0 N–H and O–H groups in total. The number of hydrogen-bond donors (Lipinski definition) is 0. The summed E-state index contributed by atoms with van der Waals surface area (Å²) in [6.07, 6.45) is 2.85. The van der Waals surface area contributed by atoms with Gasteiger partial charge in [-0.1, -0.05) is 47.1 Å². The van der Waals surface area contributed by atoms with E-state index in [9.17, 15) is 4.79 Å². The Kier molecular flexibility index (Phi) is 6.47. The monoisotopic (exact) mass is 388 g/mol. The van der Waals surface area contributed by atoms with Gasteiger partial charge in [-0.25, -0.2) is 0 Å². The van der Waals surface area contributed by atoms with E-state index in [0.717, 1.165) is 45.5 Å². The van der Waals surface area contributed by atoms with Crippen LogP contribution in [0.2, 0.25) is 4.34 Å². The number of nitrogens with zero attached hydrogens (tertiary/aromatic N) is 2. The van der Waals surface area contributed by atoms with Gasteiger partial charge in [0, 0.05) is 42.9 Å². The van der Waals surface area contributed by atoms with Crippen molar-refractivity contribution in [3.05, 3.63) is 63.5 Å². The van der Waals surface area contributed by atoms with E-state index >= 15 is 0 Å². The fourth-order valence-corrected chi connectivity index (χ4v) is 3.79. The van der Waals surface area contributed by atoms with Crippen LogP contribution in [0.5, 0.6) is 0 Å². The first-order valence-electron chi connectivity index (χ1n) is 8.61. The Labute approximate surface area is 162 Å². The van der Waals surface area contributed by atoms with Gasteiger partial charge in [0.25, 0.3) is 0 Å². The molecule has 0 saturated heterocycles. The van der Waals surface area contributed by atoms with Crippen LogP contribution in [0.25, 0.3) is 11.3 Å². The maximum atomic E-state index is 12.2. The van der Waals surface area contributed by atoms with E-state index in [2.05, 4.69) is 5.16 Å². The highest BCUT2D eigenvalue weighted by molar-refractivity contribution is 7.16. The molecule has 0 aliphatic carbocycles. The number of rotatable bonds is 8. The van der Waals surface area contributed by atoms with Crippen LogP contribution >= 0.6 is 22.9 Å². The maximum Gasteiger partial charge on any atom is 0.222 e. The SMILES string of the molecule is CN(CCCc1cc(-c2ccccc2)no1)C(=O)CCc1ccc(Cl)s1. The van der Waals surface area contributed by atoms with E-state index < -0.39 is 0 Å². The second-order valence-corrected chi connectivity index (χ2v) is 7.97. The molecular formula is C20H21ClN2O2S. The third-order valence-corrected chi connectivity index (χ3v) is 5.48. The van der Waals surface area contributed by atoms with Crippen LogP contribution in [0, 0.1) is 0 Å². The second kappa shape index (κ2) is 9.01. The molecule has 2 heterocycles. The molecule has 0 atom stereocenters. The first kappa shape index (κ1) is 18.7. The smallest absolute Gasteiger partial charge is 0.222 e. The molecule has 0 bridgehead atoms. The van der Waals surface area contributed by atoms with Crippen LogP contribution in [-0.4, -0.2) is 29.6 Å². The lowest BCUT2D eigenvalue weighted by molar-refractivity contribution is -0.129. The average molecular weight is 389 g/mol. The summed E-state index contributed by atoms with van der Waals surface area (Å²) in [5.74, 6) is 0.995. The highest BCUT2D eigenvalue weighted by Gasteiger charge is 2.11. The summed E-state index contributed by atoms with van der Waals surface area (Å²) in [4.78, 5) is 15.1. The van der Waals surface area contributed by atoms with Crippen molar-refractivity contribution >= 4 is 28.8 Å². The molecule has 1 aromatic carbocycles. The molecule has 4 nitrogen and oxygen atoms in total. The summed E-state index contributed by atoms with van der Waals surface area (Å²) in [6.45, 7) is 0.700. The molecule has 3 aromatic rings. The van der Waals surface area contributed by atoms with Gasteiger partial charge in [0.2, 0.25) is 5.91 Å². The number of thiophene rings is 1. The van der Waals surface area contributed by atoms with E-state index in [1.807, 2.05) is 55.6 Å². The van der Waals surface area contributed by atoms with Crippen molar-refractivity contribution < 1.29 is 9.32 Å². The highest BCUT2D eigenvalue weighted by Crippen LogP contribution is 2.23. The number of carbonyl (C=O) groups excluding carboxylic acids is 1. The van der Waals surface area contributed by atoms with Gasteiger partial charge in [-0.2, -0.15) is 0 Å². The van der Waals surface area contributed by atoms with Crippen molar-refractivity contribution in [1.29, 1.82) is 0 Å². The number of aryl methyl sites for hydroxylation is 2. The molecule has 3 rings (SSSR count). The molecule has 2 aromatic heterocycles. The quantitative estimate of drug-likeness (QED) is 0.540. The first-order chi connectivity index (χ1) is 12.6. The maximum absolute atomic E-state index is 12.2. The molecular weight excluding hydrogens is 368 g/mol. The lowest BCUT2D eigenvalue weighted by Gasteiger charge is -2.16. The third kappa shape index (κ3) is 5.19. The molecule has 0 fully saturated rings. The zero-order valence-corrected chi connectivity index (χ0v) is 16.2. The van der Waals surface area contributed by atoms with Gasteiger partial charge < -0.3 is 9.42 Å². The molecule has 136 valence electrons. The highest BCUT2D eigenvalue weighted by atomic mass is 35.5. The number of carbonyl (C=O) groups is 1. The van der Waals surface area contributed by atoms with Crippen LogP contribution in [0.4, 0.5) is 0 Å². The standard InChI is InChI=1S/C20H21ClN2O2S/c1-23(20(24)12-10-17-9-11-19(21)26-17)13-5-8-16-14-18(22-25-16)15-6-3-2-4-7-15/h2-4,6-7,9,11,14H,5,8,10,12-13H2,1H3. The Bertz CT molecular complexity index is 844. The summed E-state index contributed by atoms with van der Waals surface area (Å²) in [5.41, 5.74) is 1.89. The number of halogens is 1. The van der Waals surface area contributed by atoms with E-state index in [1.54, 1.807) is 4.90 Å². The van der Waals surface area contributed by atoms with Crippen LogP contribution in [-0.2, 0) is 17.6 Å². The number of hydrogen-bond acceptors (Lipinski definition) is 4. The minimum absolute atomic E-state index is 0.150. The summed E-state index contributed by atoms with van der Waals surface area (Å²) >= 11 is 7.45. The van der Waals surface area contributed by atoms with Crippen molar-refractivity contribution in [2.24, 2.45) is 0 Å². The lowest BCUT2D eigenvalue weighted by atomic mass is 10.1. The van der Waals surface area contributed by atoms with Crippen molar-refractivity contribution in [2.45, 2.75) is 25.7 Å². The molecule has 0 saturated carbocycles. The molecule has 26 heavy (non-hydrogen) atoms. The number of benzene rings is 1. The van der Waals surface area contributed by atoms with Gasteiger partial charge in [0.15, 0.2) is 0 Å². The van der Waals surface area contributed by atoms with Crippen molar-refractivity contribution in [3.8, 4) is 11.3 Å². The predicted octanol–water partition coefficient (Wildman–Crippen LogP) is 5.08. The van der Waals surface area contributed by atoms with E-state index in [4.69, 9.17) is 16.1 Å². The summed E-state index contributed by atoms with van der Waals surface area (Å²) in [5, 5.41) is 4.12. The molecule has 0 aliphatic rings. The largest absolute Gasteiger partial charge is 0.361 e. The first-order valence-corrected chi connectivity index (χ1v) is 9.80. The molecule has 0 unspecified atom stereocenters. The average Bonchev–Trinajstić information content (AvgIpc) is 3.29. The number of amides is 1.